The van der Waals surface area contributed by atoms with Crippen LogP contribution in [0, 0.1) is 0 Å². The van der Waals surface area contributed by atoms with Gasteiger partial charge in [-0.3, -0.25) is 9.80 Å². The molecule has 2 unspecified atom stereocenters. The van der Waals surface area contributed by atoms with E-state index >= 15 is 0 Å². The van der Waals surface area contributed by atoms with Crippen molar-refractivity contribution in [2.24, 2.45) is 0 Å². The average molecular weight is 236 g/mol. The number of thiophene rings is 1. The lowest BCUT2D eigenvalue weighted by Crippen LogP contribution is -2.50. The quantitative estimate of drug-likeness (QED) is 0.779. The van der Waals surface area contributed by atoms with Gasteiger partial charge in [0.2, 0.25) is 0 Å². The van der Waals surface area contributed by atoms with E-state index in [0.717, 1.165) is 6.04 Å². The molecule has 2 aliphatic rings. The Balaban J connectivity index is 1.67. The predicted molar refractivity (Wildman–Crippen MR) is 68.9 cm³/mol. The van der Waals surface area contributed by atoms with E-state index in [1.54, 1.807) is 0 Å². The molecule has 0 amide bonds. The van der Waals surface area contributed by atoms with Gasteiger partial charge in [-0.2, -0.15) is 11.3 Å². The highest BCUT2D eigenvalue weighted by atomic mass is 32.1. The zero-order valence-corrected chi connectivity index (χ0v) is 10.7. The first-order valence-corrected chi connectivity index (χ1v) is 7.29. The zero-order chi connectivity index (χ0) is 11.0. The molecule has 2 saturated heterocycles. The second-order valence-electron chi connectivity index (χ2n) is 5.06. The van der Waals surface area contributed by atoms with Crippen molar-refractivity contribution in [3.63, 3.8) is 0 Å². The summed E-state index contributed by atoms with van der Waals surface area (Å²) in [6.07, 6.45) is 2.82. The van der Waals surface area contributed by atoms with Crippen LogP contribution in [0.4, 0.5) is 0 Å². The summed E-state index contributed by atoms with van der Waals surface area (Å²) in [6.45, 7) is 7.49. The van der Waals surface area contributed by atoms with Gasteiger partial charge < -0.3 is 0 Å². The Labute approximate surface area is 102 Å². The van der Waals surface area contributed by atoms with Crippen LogP contribution in [0.5, 0.6) is 0 Å². The molecule has 3 heteroatoms. The Bertz CT molecular complexity index is 336. The van der Waals surface area contributed by atoms with Crippen LogP contribution in [-0.2, 0) is 0 Å². The lowest BCUT2D eigenvalue weighted by atomic mass is 10.1. The molecular formula is C13H20N2S. The summed E-state index contributed by atoms with van der Waals surface area (Å²) in [4.78, 5) is 5.34. The Kier molecular flexibility index (Phi) is 3.01. The molecule has 0 spiro atoms. The van der Waals surface area contributed by atoms with Gasteiger partial charge in [-0.05, 0) is 48.7 Å². The second kappa shape index (κ2) is 4.47. The van der Waals surface area contributed by atoms with Crippen LogP contribution in [0.1, 0.15) is 31.4 Å². The molecule has 1 aromatic rings. The molecule has 0 N–H and O–H groups in total. The highest BCUT2D eigenvalue weighted by Gasteiger charge is 2.32. The van der Waals surface area contributed by atoms with Crippen molar-refractivity contribution in [3.05, 3.63) is 22.4 Å². The van der Waals surface area contributed by atoms with Crippen molar-refractivity contribution >= 4 is 11.3 Å². The van der Waals surface area contributed by atoms with Crippen molar-refractivity contribution in [2.45, 2.75) is 31.8 Å². The highest BCUT2D eigenvalue weighted by Crippen LogP contribution is 2.28. The van der Waals surface area contributed by atoms with Crippen LogP contribution < -0.4 is 0 Å². The first-order valence-electron chi connectivity index (χ1n) is 6.35. The van der Waals surface area contributed by atoms with Gasteiger partial charge in [0.05, 0.1) is 0 Å². The Morgan fingerprint density at radius 2 is 2.31 bits per heavy atom. The van der Waals surface area contributed by atoms with Crippen molar-refractivity contribution < 1.29 is 0 Å². The van der Waals surface area contributed by atoms with Crippen molar-refractivity contribution in [1.82, 2.24) is 9.80 Å². The van der Waals surface area contributed by atoms with Gasteiger partial charge in [0.15, 0.2) is 0 Å². The summed E-state index contributed by atoms with van der Waals surface area (Å²) in [6, 6.07) is 3.72. The number of piperazine rings is 1. The third-order valence-electron chi connectivity index (χ3n) is 4.19. The molecule has 3 rings (SSSR count). The van der Waals surface area contributed by atoms with E-state index in [1.807, 2.05) is 11.3 Å². The molecule has 2 atom stereocenters. The summed E-state index contributed by atoms with van der Waals surface area (Å²) >= 11 is 1.81. The van der Waals surface area contributed by atoms with Crippen molar-refractivity contribution in [1.29, 1.82) is 0 Å². The van der Waals surface area contributed by atoms with Gasteiger partial charge in [0, 0.05) is 31.7 Å². The third kappa shape index (κ3) is 1.92. The first kappa shape index (κ1) is 10.8. The molecule has 2 aliphatic heterocycles. The highest BCUT2D eigenvalue weighted by molar-refractivity contribution is 7.07. The largest absolute Gasteiger partial charge is 0.298 e. The number of nitrogens with zero attached hydrogens (tertiary/aromatic N) is 2. The van der Waals surface area contributed by atoms with Crippen LogP contribution in [0.2, 0.25) is 0 Å². The Morgan fingerprint density at radius 1 is 1.38 bits per heavy atom. The lowest BCUT2D eigenvalue weighted by Gasteiger charge is -2.40. The number of hydrogen-bond donors (Lipinski definition) is 0. The van der Waals surface area contributed by atoms with Gasteiger partial charge >= 0.3 is 0 Å². The summed E-state index contributed by atoms with van der Waals surface area (Å²) in [5, 5.41) is 4.49. The normalized spacial score (nSPS) is 29.2. The standard InChI is InChI=1S/C13H20N2S/c1-11(12-4-8-16-10-12)15-7-6-14-5-2-3-13(14)9-15/h4,8,10-11,13H,2-3,5-7,9H2,1H3. The summed E-state index contributed by atoms with van der Waals surface area (Å²) in [7, 11) is 0. The molecule has 16 heavy (non-hydrogen) atoms. The van der Waals surface area contributed by atoms with Crippen LogP contribution in [0.25, 0.3) is 0 Å². The van der Waals surface area contributed by atoms with E-state index in [0.29, 0.717) is 6.04 Å². The molecule has 0 aromatic carbocycles. The molecule has 2 fully saturated rings. The molecule has 1 aromatic heterocycles. The minimum absolute atomic E-state index is 0.606. The lowest BCUT2D eigenvalue weighted by molar-refractivity contribution is 0.0771. The minimum Gasteiger partial charge on any atom is -0.298 e. The van der Waals surface area contributed by atoms with Crippen LogP contribution in [-0.4, -0.2) is 42.0 Å². The fourth-order valence-electron chi connectivity index (χ4n) is 3.09. The maximum atomic E-state index is 2.68. The molecule has 2 nitrogen and oxygen atoms in total. The zero-order valence-electron chi connectivity index (χ0n) is 9.93. The van der Waals surface area contributed by atoms with Crippen LogP contribution >= 0.6 is 11.3 Å². The van der Waals surface area contributed by atoms with Gasteiger partial charge in [-0.15, -0.1) is 0 Å². The molecule has 0 aliphatic carbocycles. The fourth-order valence-corrected chi connectivity index (χ4v) is 3.84. The number of fused-ring (bicyclic) bond motifs is 1. The number of rotatable bonds is 2. The van der Waals surface area contributed by atoms with Gasteiger partial charge in [0.25, 0.3) is 0 Å². The molecule has 3 heterocycles. The number of hydrogen-bond acceptors (Lipinski definition) is 3. The third-order valence-corrected chi connectivity index (χ3v) is 4.89. The molecular weight excluding hydrogens is 216 g/mol. The SMILES string of the molecule is CC(c1ccsc1)N1CCN2CCCC2C1. The molecule has 88 valence electrons. The second-order valence-corrected chi connectivity index (χ2v) is 5.84. The van der Waals surface area contributed by atoms with Crippen molar-refractivity contribution in [3.8, 4) is 0 Å². The first-order chi connectivity index (χ1) is 7.84. The van der Waals surface area contributed by atoms with E-state index in [9.17, 15) is 0 Å². The van der Waals surface area contributed by atoms with E-state index in [2.05, 4.69) is 33.6 Å². The van der Waals surface area contributed by atoms with Crippen molar-refractivity contribution in [2.75, 3.05) is 26.2 Å². The summed E-state index contributed by atoms with van der Waals surface area (Å²) in [5.74, 6) is 0. The minimum atomic E-state index is 0.606. The van der Waals surface area contributed by atoms with Crippen LogP contribution in [0.15, 0.2) is 16.8 Å². The van der Waals surface area contributed by atoms with Gasteiger partial charge in [-0.1, -0.05) is 0 Å². The van der Waals surface area contributed by atoms with Crippen LogP contribution in [0.3, 0.4) is 0 Å². The Hall–Kier alpha value is -0.380. The molecule has 0 saturated carbocycles. The fraction of sp³-hybridized carbons (Fsp3) is 0.692. The summed E-state index contributed by atoms with van der Waals surface area (Å²) in [5.41, 5.74) is 1.50. The smallest absolute Gasteiger partial charge is 0.0329 e. The maximum Gasteiger partial charge on any atom is 0.0329 e. The molecule has 0 radical (unpaired) electrons. The van der Waals surface area contributed by atoms with Gasteiger partial charge in [0.1, 0.15) is 0 Å². The van der Waals surface area contributed by atoms with E-state index < -0.39 is 0 Å². The maximum absolute atomic E-state index is 2.68. The predicted octanol–water partition coefficient (Wildman–Crippen LogP) is 2.59. The topological polar surface area (TPSA) is 6.48 Å². The monoisotopic (exact) mass is 236 g/mol. The van der Waals surface area contributed by atoms with Gasteiger partial charge in [-0.25, -0.2) is 0 Å². The van der Waals surface area contributed by atoms with E-state index in [-0.39, 0.29) is 0 Å². The average Bonchev–Trinajstić information content (AvgIpc) is 2.98. The van der Waals surface area contributed by atoms with E-state index in [4.69, 9.17) is 0 Å². The molecule has 0 bridgehead atoms. The summed E-state index contributed by atoms with van der Waals surface area (Å²) < 4.78 is 0. The van der Waals surface area contributed by atoms with E-state index in [1.165, 1.54) is 44.6 Å². The Morgan fingerprint density at radius 3 is 3.12 bits per heavy atom.